The molecule has 6 heterocycles. The van der Waals surface area contributed by atoms with E-state index in [1.54, 1.807) is 18.2 Å². The number of carbonyl (C=O) groups is 1. The summed E-state index contributed by atoms with van der Waals surface area (Å²) < 4.78 is 34.3. The Morgan fingerprint density at radius 1 is 1.00 bits per heavy atom. The van der Waals surface area contributed by atoms with E-state index in [9.17, 15) is 4.79 Å². The van der Waals surface area contributed by atoms with Gasteiger partial charge < -0.3 is 24.0 Å². The summed E-state index contributed by atoms with van der Waals surface area (Å²) in [4.78, 5) is 33.3. The number of hydrogen-bond donors (Lipinski definition) is 0. The lowest BCUT2D eigenvalue weighted by Crippen LogP contribution is -2.73. The van der Waals surface area contributed by atoms with E-state index in [2.05, 4.69) is 14.8 Å². The van der Waals surface area contributed by atoms with Crippen molar-refractivity contribution in [3.8, 4) is 23.0 Å². The van der Waals surface area contributed by atoms with Crippen molar-refractivity contribution in [1.29, 1.82) is 0 Å². The van der Waals surface area contributed by atoms with Gasteiger partial charge >= 0.3 is 12.1 Å². The number of amides is 1. The summed E-state index contributed by atoms with van der Waals surface area (Å²) >= 11 is 0. The molecule has 1 amide bonds. The van der Waals surface area contributed by atoms with Gasteiger partial charge in [0.05, 0.1) is 18.0 Å². The number of halogens is 1. The Hall–Kier alpha value is -4.25. The summed E-state index contributed by atoms with van der Waals surface area (Å²) in [6.07, 6.45) is 5.86. The molecule has 0 unspecified atom stereocenters. The normalized spacial score (nSPS) is 19.9. The number of nitrogens with zero attached hydrogens (tertiary/aromatic N) is 6. The Morgan fingerprint density at radius 3 is 2.47 bits per heavy atom. The molecule has 4 aliphatic heterocycles. The van der Waals surface area contributed by atoms with Crippen LogP contribution in [0.1, 0.15) is 46.5 Å². The second kappa shape index (κ2) is 10.9. The number of methoxy groups -OCH3 is 1. The molecule has 0 atom stereocenters. The number of likely N-dealkylation sites (tertiary alicyclic amines) is 1. The molecule has 0 radical (unpaired) electrons. The lowest BCUT2D eigenvalue weighted by Gasteiger charge is -2.60. The Balaban J connectivity index is 1.14. The highest BCUT2D eigenvalue weighted by molar-refractivity contribution is 6.00. The van der Waals surface area contributed by atoms with Crippen molar-refractivity contribution in [2.24, 2.45) is 5.41 Å². The summed E-state index contributed by atoms with van der Waals surface area (Å²) in [5.41, 5.74) is 0.423. The number of anilines is 1. The smallest absolute Gasteiger partial charge is 0.410 e. The molecule has 1 spiro atoms. The fourth-order valence-corrected chi connectivity index (χ4v) is 8.10. The minimum atomic E-state index is -0.539. The SMILES string of the molecule is COc1cc(-c2ncc3c(N4CC5(CN(C(=O)OC(C)(C)C)C5)C4)nc(OCC45CCCN4CCC5)nc3c2F)c2ccccc2c1. The number of aromatic nitrogens is 3. The summed E-state index contributed by atoms with van der Waals surface area (Å²) in [5.74, 6) is 0.703. The number of carbonyl (C=O) groups excluding carboxylic acids is 1. The van der Waals surface area contributed by atoms with Crippen molar-refractivity contribution in [3.63, 3.8) is 0 Å². The molecule has 4 aliphatic rings. The van der Waals surface area contributed by atoms with E-state index in [0.29, 0.717) is 55.3 Å². The molecule has 11 heteroatoms. The lowest BCUT2D eigenvalue weighted by molar-refractivity contribution is -0.0454. The summed E-state index contributed by atoms with van der Waals surface area (Å²) in [6.45, 7) is 10.9. The van der Waals surface area contributed by atoms with Crippen molar-refractivity contribution in [3.05, 3.63) is 48.4 Å². The third-order valence-corrected chi connectivity index (χ3v) is 10.3. The van der Waals surface area contributed by atoms with E-state index in [1.807, 2.05) is 57.2 Å². The molecule has 2 aromatic heterocycles. The topological polar surface area (TPSA) is 93.2 Å². The fourth-order valence-electron chi connectivity index (χ4n) is 8.10. The Kier molecular flexibility index (Phi) is 6.98. The molecule has 10 nitrogen and oxygen atoms in total. The standard InChI is InChI=1S/C36H41FN6O4/c1-34(2,3)47-33(44)42-20-35(21-42)18-41(19-35)31-27-17-38-29(26-16-24(45-4)15-23-9-5-6-10-25(23)26)28(37)30(27)39-32(40-31)46-22-36-11-7-13-43(36)14-8-12-36/h5-6,9-10,15-17H,7-8,11-14,18-22H2,1-4H3. The molecular weight excluding hydrogens is 599 g/mol. The zero-order valence-corrected chi connectivity index (χ0v) is 27.5. The van der Waals surface area contributed by atoms with Crippen LogP contribution >= 0.6 is 0 Å². The quantitative estimate of drug-likeness (QED) is 0.250. The van der Waals surface area contributed by atoms with E-state index < -0.39 is 11.4 Å². The highest BCUT2D eigenvalue weighted by atomic mass is 19.1. The average molecular weight is 641 g/mol. The van der Waals surface area contributed by atoms with Crippen LogP contribution in [-0.4, -0.2) is 95.0 Å². The zero-order valence-electron chi connectivity index (χ0n) is 27.5. The predicted molar refractivity (Wildman–Crippen MR) is 178 cm³/mol. The molecule has 4 saturated heterocycles. The monoisotopic (exact) mass is 640 g/mol. The zero-order chi connectivity index (χ0) is 32.6. The molecule has 0 aliphatic carbocycles. The minimum absolute atomic E-state index is 0.00218. The molecular formula is C36H41FN6O4. The second-order valence-corrected chi connectivity index (χ2v) is 14.8. The van der Waals surface area contributed by atoms with Crippen LogP contribution in [0.3, 0.4) is 0 Å². The summed E-state index contributed by atoms with van der Waals surface area (Å²) in [5, 5.41) is 2.33. The first-order chi connectivity index (χ1) is 22.6. The number of fused-ring (bicyclic) bond motifs is 3. The van der Waals surface area contributed by atoms with Crippen LogP contribution in [0.15, 0.2) is 42.6 Å². The predicted octanol–water partition coefficient (Wildman–Crippen LogP) is 6.06. The number of pyridine rings is 1. The molecule has 0 bridgehead atoms. The number of hydrogen-bond acceptors (Lipinski definition) is 9. The first-order valence-corrected chi connectivity index (χ1v) is 16.6. The molecule has 246 valence electrons. The van der Waals surface area contributed by atoms with Crippen LogP contribution < -0.4 is 14.4 Å². The van der Waals surface area contributed by atoms with Gasteiger partial charge in [0.2, 0.25) is 0 Å². The van der Waals surface area contributed by atoms with Crippen LogP contribution in [0.4, 0.5) is 15.0 Å². The van der Waals surface area contributed by atoms with Crippen LogP contribution in [0, 0.1) is 11.2 Å². The van der Waals surface area contributed by atoms with Crippen molar-refractivity contribution in [1.82, 2.24) is 24.8 Å². The third kappa shape index (κ3) is 5.19. The summed E-state index contributed by atoms with van der Waals surface area (Å²) in [6, 6.07) is 11.7. The Morgan fingerprint density at radius 2 is 1.74 bits per heavy atom. The van der Waals surface area contributed by atoms with Gasteiger partial charge in [-0.3, -0.25) is 9.88 Å². The van der Waals surface area contributed by atoms with Gasteiger partial charge in [0.15, 0.2) is 5.82 Å². The van der Waals surface area contributed by atoms with E-state index in [4.69, 9.17) is 24.2 Å². The maximum Gasteiger partial charge on any atom is 0.410 e. The Labute approximate surface area is 273 Å². The van der Waals surface area contributed by atoms with Gasteiger partial charge in [-0.05, 0) is 82.4 Å². The molecule has 4 fully saturated rings. The molecule has 2 aromatic carbocycles. The van der Waals surface area contributed by atoms with E-state index in [1.165, 1.54) is 0 Å². The Bertz CT molecular complexity index is 1870. The highest BCUT2D eigenvalue weighted by Gasteiger charge is 2.55. The van der Waals surface area contributed by atoms with E-state index >= 15 is 4.39 Å². The van der Waals surface area contributed by atoms with Gasteiger partial charge in [-0.1, -0.05) is 24.3 Å². The number of rotatable bonds is 6. The number of benzene rings is 2. The van der Waals surface area contributed by atoms with Gasteiger partial charge in [-0.2, -0.15) is 9.97 Å². The largest absolute Gasteiger partial charge is 0.497 e. The second-order valence-electron chi connectivity index (χ2n) is 14.8. The molecule has 4 aromatic rings. The van der Waals surface area contributed by atoms with Crippen molar-refractivity contribution >= 4 is 33.6 Å². The maximum atomic E-state index is 16.8. The highest BCUT2D eigenvalue weighted by Crippen LogP contribution is 2.45. The third-order valence-electron chi connectivity index (χ3n) is 10.3. The summed E-state index contributed by atoms with van der Waals surface area (Å²) in [7, 11) is 1.60. The fraction of sp³-hybridized carbons (Fsp3) is 0.500. The van der Waals surface area contributed by atoms with Crippen LogP contribution in [0.5, 0.6) is 11.8 Å². The van der Waals surface area contributed by atoms with Crippen LogP contribution in [0.25, 0.3) is 32.9 Å². The molecule has 47 heavy (non-hydrogen) atoms. The van der Waals surface area contributed by atoms with Gasteiger partial charge in [0, 0.05) is 43.4 Å². The van der Waals surface area contributed by atoms with Gasteiger partial charge in [0.25, 0.3) is 0 Å². The van der Waals surface area contributed by atoms with Crippen LogP contribution in [-0.2, 0) is 4.74 Å². The molecule has 0 N–H and O–H groups in total. The van der Waals surface area contributed by atoms with Crippen molar-refractivity contribution in [2.75, 3.05) is 57.9 Å². The van der Waals surface area contributed by atoms with Crippen molar-refractivity contribution < 1.29 is 23.4 Å². The van der Waals surface area contributed by atoms with Gasteiger partial charge in [-0.15, -0.1) is 0 Å². The average Bonchev–Trinajstić information content (AvgIpc) is 3.58. The van der Waals surface area contributed by atoms with E-state index in [-0.39, 0.29) is 34.3 Å². The first kappa shape index (κ1) is 30.1. The first-order valence-electron chi connectivity index (χ1n) is 16.6. The van der Waals surface area contributed by atoms with E-state index in [0.717, 1.165) is 49.5 Å². The molecule has 0 saturated carbocycles. The van der Waals surface area contributed by atoms with Gasteiger partial charge in [0.1, 0.15) is 35.0 Å². The van der Waals surface area contributed by atoms with Crippen LogP contribution in [0.2, 0.25) is 0 Å². The molecule has 8 rings (SSSR count). The lowest BCUT2D eigenvalue weighted by atomic mass is 9.73. The maximum absolute atomic E-state index is 16.8. The number of ether oxygens (including phenoxy) is 3. The van der Waals surface area contributed by atoms with Gasteiger partial charge in [-0.25, -0.2) is 9.18 Å². The van der Waals surface area contributed by atoms with Crippen molar-refractivity contribution in [2.45, 2.75) is 57.6 Å². The minimum Gasteiger partial charge on any atom is -0.497 e.